The summed E-state index contributed by atoms with van der Waals surface area (Å²) in [5, 5.41) is 4.42. The van der Waals surface area contributed by atoms with Crippen LogP contribution in [0.4, 0.5) is 18.9 Å². The molecule has 4 rings (SSSR count). The topological polar surface area (TPSA) is 52.4 Å². The second-order valence-electron chi connectivity index (χ2n) is 8.67. The molecule has 36 heavy (non-hydrogen) atoms. The summed E-state index contributed by atoms with van der Waals surface area (Å²) in [6.45, 7) is 10.00. The maximum Gasteiger partial charge on any atom is 0.416 e. The fourth-order valence-corrected chi connectivity index (χ4v) is 4.22. The minimum atomic E-state index is -4.53. The van der Waals surface area contributed by atoms with Gasteiger partial charge in [-0.2, -0.15) is 18.3 Å². The van der Waals surface area contributed by atoms with Crippen LogP contribution in [0.25, 0.3) is 27.6 Å². The monoisotopic (exact) mass is 494 g/mol. The van der Waals surface area contributed by atoms with Crippen LogP contribution >= 0.6 is 0 Å². The molecule has 0 atom stereocenters. The zero-order chi connectivity index (χ0) is 26.0. The van der Waals surface area contributed by atoms with Crippen LogP contribution in [0, 0.1) is 13.5 Å². The molecule has 0 aliphatic carbocycles. The first-order valence-electron chi connectivity index (χ1n) is 11.3. The van der Waals surface area contributed by atoms with E-state index in [0.717, 1.165) is 18.7 Å². The summed E-state index contributed by atoms with van der Waals surface area (Å²) in [5.74, 6) is 0. The molecule has 2 heterocycles. The van der Waals surface area contributed by atoms with E-state index in [-0.39, 0.29) is 5.69 Å². The lowest BCUT2D eigenvalue weighted by molar-refractivity contribution is -0.137. The second-order valence-corrected chi connectivity index (χ2v) is 8.67. The zero-order valence-electron chi connectivity index (χ0n) is 20.1. The van der Waals surface area contributed by atoms with E-state index in [1.54, 1.807) is 52.7 Å². The van der Waals surface area contributed by atoms with E-state index in [2.05, 4.69) is 9.94 Å². The van der Waals surface area contributed by atoms with Gasteiger partial charge < -0.3 is 4.90 Å². The third-order valence-electron chi connectivity index (χ3n) is 5.90. The van der Waals surface area contributed by atoms with Gasteiger partial charge in [0.15, 0.2) is 5.69 Å². The highest BCUT2D eigenvalue weighted by Gasteiger charge is 2.31. The van der Waals surface area contributed by atoms with Crippen LogP contribution < -0.4 is 5.69 Å². The molecule has 7 nitrogen and oxygen atoms in total. The van der Waals surface area contributed by atoms with Crippen LogP contribution in [0.1, 0.15) is 17.7 Å². The van der Waals surface area contributed by atoms with Crippen molar-refractivity contribution in [1.82, 2.24) is 23.8 Å². The van der Waals surface area contributed by atoms with Crippen molar-refractivity contribution in [3.8, 4) is 22.8 Å². The van der Waals surface area contributed by atoms with E-state index in [1.807, 2.05) is 19.0 Å². The Morgan fingerprint density at radius 1 is 1.06 bits per heavy atom. The van der Waals surface area contributed by atoms with E-state index in [9.17, 15) is 18.0 Å². The van der Waals surface area contributed by atoms with Crippen molar-refractivity contribution in [1.29, 1.82) is 0 Å². The van der Waals surface area contributed by atoms with Crippen molar-refractivity contribution < 1.29 is 13.2 Å². The summed E-state index contributed by atoms with van der Waals surface area (Å²) in [4.78, 5) is 19.1. The molecule has 0 radical (unpaired) electrons. The van der Waals surface area contributed by atoms with Crippen LogP contribution in [0.15, 0.2) is 65.6 Å². The summed E-state index contributed by atoms with van der Waals surface area (Å²) in [6.07, 6.45) is -2.26. The normalized spacial score (nSPS) is 11.7. The van der Waals surface area contributed by atoms with E-state index in [4.69, 9.17) is 6.57 Å². The summed E-state index contributed by atoms with van der Waals surface area (Å²) in [6, 6.07) is 13.4. The Morgan fingerprint density at radius 3 is 2.42 bits per heavy atom. The lowest BCUT2D eigenvalue weighted by Gasteiger charge is -2.13. The van der Waals surface area contributed by atoms with Gasteiger partial charge >= 0.3 is 11.9 Å². The molecular weight excluding hydrogens is 469 g/mol. The fraction of sp³-hybridized carbons (Fsp3) is 0.269. The SMILES string of the molecule is [C-]#[N+]c1ccc(-n2nccc2-c2c(C)n(-c3cccc(C(F)(F)F)c3)c(=O)n2CCCN(C)C)cc1. The number of hydrogen-bond acceptors (Lipinski definition) is 3. The van der Waals surface area contributed by atoms with Crippen molar-refractivity contribution in [2.75, 3.05) is 20.6 Å². The van der Waals surface area contributed by atoms with Crippen molar-refractivity contribution in [3.63, 3.8) is 0 Å². The average molecular weight is 495 g/mol. The number of hydrogen-bond donors (Lipinski definition) is 0. The number of rotatable bonds is 7. The molecule has 0 saturated carbocycles. The van der Waals surface area contributed by atoms with Crippen LogP contribution in [0.5, 0.6) is 0 Å². The quantitative estimate of drug-likeness (QED) is 0.327. The maximum atomic E-state index is 13.6. The number of alkyl halides is 3. The van der Waals surface area contributed by atoms with Crippen LogP contribution in [0.3, 0.4) is 0 Å². The Balaban J connectivity index is 1.90. The number of benzene rings is 2. The summed E-state index contributed by atoms with van der Waals surface area (Å²) in [7, 11) is 3.87. The molecule has 0 N–H and O–H groups in total. The third kappa shape index (κ3) is 4.83. The van der Waals surface area contributed by atoms with Crippen LogP contribution in [-0.4, -0.2) is 44.5 Å². The molecule has 0 saturated heterocycles. The number of halogens is 3. The second kappa shape index (κ2) is 9.87. The smallest absolute Gasteiger partial charge is 0.309 e. The minimum absolute atomic E-state index is 0.146. The predicted octanol–water partition coefficient (Wildman–Crippen LogP) is 5.32. The summed E-state index contributed by atoms with van der Waals surface area (Å²) >= 11 is 0. The molecule has 0 aliphatic heterocycles. The molecule has 0 bridgehead atoms. The molecule has 10 heteroatoms. The number of aromatic nitrogens is 4. The van der Waals surface area contributed by atoms with Crippen molar-refractivity contribution >= 4 is 5.69 Å². The van der Waals surface area contributed by atoms with Gasteiger partial charge in [-0.1, -0.05) is 18.2 Å². The molecule has 2 aromatic heterocycles. The van der Waals surface area contributed by atoms with E-state index in [1.165, 1.54) is 16.7 Å². The summed E-state index contributed by atoms with van der Waals surface area (Å²) in [5.41, 5.74) is 1.78. The first-order chi connectivity index (χ1) is 17.1. The number of imidazole rings is 1. The Hall–Kier alpha value is -4.10. The highest BCUT2D eigenvalue weighted by Crippen LogP contribution is 2.32. The predicted molar refractivity (Wildman–Crippen MR) is 132 cm³/mol. The van der Waals surface area contributed by atoms with Crippen molar-refractivity contribution in [3.05, 3.63) is 94.0 Å². The van der Waals surface area contributed by atoms with Gasteiger partial charge in [-0.25, -0.2) is 14.3 Å². The van der Waals surface area contributed by atoms with Gasteiger partial charge in [0, 0.05) is 6.54 Å². The van der Waals surface area contributed by atoms with Gasteiger partial charge in [0.1, 0.15) is 0 Å². The van der Waals surface area contributed by atoms with Gasteiger partial charge in [-0.3, -0.25) is 9.13 Å². The fourth-order valence-electron chi connectivity index (χ4n) is 4.22. The lowest BCUT2D eigenvalue weighted by Crippen LogP contribution is -2.26. The maximum absolute atomic E-state index is 13.6. The largest absolute Gasteiger partial charge is 0.416 e. The first-order valence-corrected chi connectivity index (χ1v) is 11.3. The Bertz CT molecular complexity index is 1470. The van der Waals surface area contributed by atoms with Gasteiger partial charge in [0.2, 0.25) is 0 Å². The Morgan fingerprint density at radius 2 is 1.78 bits per heavy atom. The molecule has 2 aromatic carbocycles. The molecule has 0 spiro atoms. The van der Waals surface area contributed by atoms with E-state index < -0.39 is 17.4 Å². The standard InChI is InChI=1S/C26H25F3N6O/c1-18-24(23-13-14-31-35(23)21-11-9-20(30-2)10-12-21)33(16-6-15-32(3)4)25(36)34(18)22-8-5-7-19(17-22)26(27,28)29/h5,7-14,17H,6,15-16H2,1,3-4H3. The number of nitrogens with zero attached hydrogens (tertiary/aromatic N) is 6. The molecule has 0 amide bonds. The first kappa shape index (κ1) is 25.0. The molecule has 0 aliphatic rings. The van der Waals surface area contributed by atoms with E-state index in [0.29, 0.717) is 41.4 Å². The highest BCUT2D eigenvalue weighted by molar-refractivity contribution is 5.63. The highest BCUT2D eigenvalue weighted by atomic mass is 19.4. The molecule has 186 valence electrons. The molecule has 0 unspecified atom stereocenters. The van der Waals surface area contributed by atoms with Crippen molar-refractivity contribution in [2.24, 2.45) is 0 Å². The Labute approximate surface area is 206 Å². The zero-order valence-corrected chi connectivity index (χ0v) is 20.1. The molecule has 0 fully saturated rings. The molecule has 4 aromatic rings. The van der Waals surface area contributed by atoms with Crippen LogP contribution in [-0.2, 0) is 12.7 Å². The Kier molecular flexibility index (Phi) is 6.86. The van der Waals surface area contributed by atoms with Crippen molar-refractivity contribution in [2.45, 2.75) is 26.1 Å². The average Bonchev–Trinajstić information content (AvgIpc) is 3.41. The third-order valence-corrected chi connectivity index (χ3v) is 5.90. The minimum Gasteiger partial charge on any atom is -0.309 e. The van der Waals surface area contributed by atoms with Gasteiger partial charge in [-0.15, -0.1) is 0 Å². The van der Waals surface area contributed by atoms with Gasteiger partial charge in [-0.05, 0) is 70.4 Å². The lowest BCUT2D eigenvalue weighted by atomic mass is 10.2. The molecular formula is C26H25F3N6O. The van der Waals surface area contributed by atoms with Gasteiger partial charge in [0.25, 0.3) is 0 Å². The van der Waals surface area contributed by atoms with Gasteiger partial charge in [0.05, 0.1) is 46.8 Å². The van der Waals surface area contributed by atoms with E-state index >= 15 is 0 Å². The van der Waals surface area contributed by atoms with Crippen LogP contribution in [0.2, 0.25) is 0 Å². The summed E-state index contributed by atoms with van der Waals surface area (Å²) < 4.78 is 44.8.